The van der Waals surface area contributed by atoms with Crippen molar-refractivity contribution in [3.8, 4) is 11.1 Å². The molecule has 0 amide bonds. The zero-order chi connectivity index (χ0) is 21.6. The normalized spacial score (nSPS) is 14.6. The average molecular weight is 416 g/mol. The highest BCUT2D eigenvalue weighted by Gasteiger charge is 2.23. The maximum atomic E-state index is 12.5. The first kappa shape index (κ1) is 21.1. The molecule has 1 fully saturated rings. The molecule has 0 N–H and O–H groups in total. The maximum absolute atomic E-state index is 12.5. The van der Waals surface area contributed by atoms with Crippen molar-refractivity contribution in [3.05, 3.63) is 84.1 Å². The number of carbonyl (C=O) groups excluding carboxylic acids is 1. The average Bonchev–Trinajstić information content (AvgIpc) is 2.80. The molecule has 0 bridgehead atoms. The van der Waals surface area contributed by atoms with Crippen molar-refractivity contribution in [3.63, 3.8) is 0 Å². The van der Waals surface area contributed by atoms with E-state index in [1.807, 2.05) is 19.9 Å². The summed E-state index contributed by atoms with van der Waals surface area (Å²) in [4.78, 5) is 21.6. The minimum atomic E-state index is -0.306. The van der Waals surface area contributed by atoms with Crippen molar-refractivity contribution in [1.29, 1.82) is 0 Å². The summed E-state index contributed by atoms with van der Waals surface area (Å²) >= 11 is 0. The van der Waals surface area contributed by atoms with Gasteiger partial charge in [0, 0.05) is 38.9 Å². The predicted molar refractivity (Wildman–Crippen MR) is 124 cm³/mol. The standard InChI is InChI=1S/C26H29N3O2/c1-20(2)31-26(30)24-9-6-14-27-25(24)29-17-15-28(16-18-29)19-21-10-12-23(13-11-21)22-7-4-3-5-8-22/h3-14,20H,15-19H2,1-2H3. The maximum Gasteiger partial charge on any atom is 0.342 e. The third-order valence-electron chi connectivity index (χ3n) is 5.49. The fourth-order valence-electron chi connectivity index (χ4n) is 3.90. The van der Waals surface area contributed by atoms with E-state index < -0.39 is 0 Å². The Balaban J connectivity index is 1.36. The van der Waals surface area contributed by atoms with Crippen LogP contribution in [0.4, 0.5) is 5.82 Å². The van der Waals surface area contributed by atoms with Crippen molar-refractivity contribution < 1.29 is 9.53 Å². The van der Waals surface area contributed by atoms with E-state index in [2.05, 4.69) is 63.3 Å². The zero-order valence-corrected chi connectivity index (χ0v) is 18.2. The number of ether oxygens (including phenoxy) is 1. The van der Waals surface area contributed by atoms with Gasteiger partial charge in [0.25, 0.3) is 0 Å². The molecule has 0 atom stereocenters. The second kappa shape index (κ2) is 9.75. The van der Waals surface area contributed by atoms with E-state index in [4.69, 9.17) is 4.74 Å². The van der Waals surface area contributed by atoms with Gasteiger partial charge in [-0.1, -0.05) is 54.6 Å². The minimum absolute atomic E-state index is 0.148. The van der Waals surface area contributed by atoms with Crippen molar-refractivity contribution in [2.45, 2.75) is 26.5 Å². The fraction of sp³-hybridized carbons (Fsp3) is 0.308. The molecule has 5 heteroatoms. The van der Waals surface area contributed by atoms with Crippen LogP contribution in [0.25, 0.3) is 11.1 Å². The molecule has 1 saturated heterocycles. The van der Waals surface area contributed by atoms with E-state index in [1.165, 1.54) is 16.7 Å². The molecule has 0 spiro atoms. The first-order valence-electron chi connectivity index (χ1n) is 10.9. The predicted octanol–water partition coefficient (Wildman–Crippen LogP) is 4.64. The van der Waals surface area contributed by atoms with Crippen LogP contribution < -0.4 is 4.90 Å². The van der Waals surface area contributed by atoms with E-state index >= 15 is 0 Å². The minimum Gasteiger partial charge on any atom is -0.459 e. The quantitative estimate of drug-likeness (QED) is 0.549. The highest BCUT2D eigenvalue weighted by Crippen LogP contribution is 2.22. The summed E-state index contributed by atoms with van der Waals surface area (Å²) in [5.41, 5.74) is 4.34. The van der Waals surface area contributed by atoms with Crippen LogP contribution in [0.1, 0.15) is 29.8 Å². The number of anilines is 1. The van der Waals surface area contributed by atoms with Gasteiger partial charge in [0.15, 0.2) is 0 Å². The Labute approximate surface area is 184 Å². The number of rotatable bonds is 6. The van der Waals surface area contributed by atoms with E-state index in [1.54, 1.807) is 18.3 Å². The van der Waals surface area contributed by atoms with Crippen LogP contribution in [0, 0.1) is 0 Å². The fourth-order valence-corrected chi connectivity index (χ4v) is 3.90. The number of piperazine rings is 1. The molecule has 160 valence electrons. The molecule has 1 aliphatic heterocycles. The first-order valence-corrected chi connectivity index (χ1v) is 10.9. The molecular weight excluding hydrogens is 386 g/mol. The van der Waals surface area contributed by atoms with Crippen LogP contribution in [0.3, 0.4) is 0 Å². The molecule has 0 radical (unpaired) electrons. The lowest BCUT2D eigenvalue weighted by Gasteiger charge is -2.36. The Hall–Kier alpha value is -3.18. The van der Waals surface area contributed by atoms with Crippen molar-refractivity contribution in [1.82, 2.24) is 9.88 Å². The molecule has 0 saturated carbocycles. The van der Waals surface area contributed by atoms with E-state index in [0.29, 0.717) is 5.56 Å². The number of nitrogens with zero attached hydrogens (tertiary/aromatic N) is 3. The lowest BCUT2D eigenvalue weighted by atomic mass is 10.0. The lowest BCUT2D eigenvalue weighted by molar-refractivity contribution is 0.0378. The summed E-state index contributed by atoms with van der Waals surface area (Å²) in [5.74, 6) is 0.416. The summed E-state index contributed by atoms with van der Waals surface area (Å²) in [6, 6.07) is 22.9. The molecule has 2 aromatic carbocycles. The highest BCUT2D eigenvalue weighted by atomic mass is 16.5. The third kappa shape index (κ3) is 5.30. The van der Waals surface area contributed by atoms with Crippen molar-refractivity contribution in [2.24, 2.45) is 0 Å². The first-order chi connectivity index (χ1) is 15.1. The summed E-state index contributed by atoms with van der Waals surface area (Å²) in [5, 5.41) is 0. The lowest BCUT2D eigenvalue weighted by Crippen LogP contribution is -2.46. The number of hydrogen-bond donors (Lipinski definition) is 0. The second-order valence-corrected chi connectivity index (χ2v) is 8.15. The number of esters is 1. The number of carbonyl (C=O) groups is 1. The van der Waals surface area contributed by atoms with E-state index in [9.17, 15) is 4.79 Å². The molecule has 0 unspecified atom stereocenters. The van der Waals surface area contributed by atoms with Gasteiger partial charge in [0.1, 0.15) is 11.4 Å². The van der Waals surface area contributed by atoms with Gasteiger partial charge in [-0.25, -0.2) is 9.78 Å². The van der Waals surface area contributed by atoms with Gasteiger partial charge in [-0.15, -0.1) is 0 Å². The number of hydrogen-bond acceptors (Lipinski definition) is 5. The zero-order valence-electron chi connectivity index (χ0n) is 18.2. The van der Waals surface area contributed by atoms with Crippen LogP contribution in [0.5, 0.6) is 0 Å². The van der Waals surface area contributed by atoms with Gasteiger partial charge in [-0.3, -0.25) is 4.90 Å². The molecule has 5 nitrogen and oxygen atoms in total. The summed E-state index contributed by atoms with van der Waals surface area (Å²) < 4.78 is 5.39. The Kier molecular flexibility index (Phi) is 6.63. The molecule has 2 heterocycles. The van der Waals surface area contributed by atoms with Gasteiger partial charge < -0.3 is 9.64 Å². The number of benzene rings is 2. The summed E-state index contributed by atoms with van der Waals surface area (Å²) in [6.45, 7) is 8.17. The van der Waals surface area contributed by atoms with Gasteiger partial charge in [-0.05, 0) is 42.7 Å². The third-order valence-corrected chi connectivity index (χ3v) is 5.49. The topological polar surface area (TPSA) is 45.7 Å². The van der Waals surface area contributed by atoms with E-state index in [-0.39, 0.29) is 12.1 Å². The van der Waals surface area contributed by atoms with Crippen molar-refractivity contribution in [2.75, 3.05) is 31.1 Å². The Bertz CT molecular complexity index is 995. The Morgan fingerprint density at radius 3 is 2.26 bits per heavy atom. The number of pyridine rings is 1. The van der Waals surface area contributed by atoms with Crippen LogP contribution >= 0.6 is 0 Å². The SMILES string of the molecule is CC(C)OC(=O)c1cccnc1N1CCN(Cc2ccc(-c3ccccc3)cc2)CC1. The Morgan fingerprint density at radius 1 is 0.903 bits per heavy atom. The molecule has 1 aliphatic rings. The molecule has 0 aliphatic carbocycles. The Morgan fingerprint density at radius 2 is 1.58 bits per heavy atom. The van der Waals surface area contributed by atoms with Crippen LogP contribution in [0.15, 0.2) is 72.9 Å². The largest absolute Gasteiger partial charge is 0.459 e. The molecule has 31 heavy (non-hydrogen) atoms. The van der Waals surface area contributed by atoms with Gasteiger partial charge in [0.2, 0.25) is 0 Å². The monoisotopic (exact) mass is 415 g/mol. The van der Waals surface area contributed by atoms with Crippen LogP contribution in [0.2, 0.25) is 0 Å². The molecule has 1 aromatic heterocycles. The number of aromatic nitrogens is 1. The van der Waals surface area contributed by atoms with Gasteiger partial charge in [-0.2, -0.15) is 0 Å². The van der Waals surface area contributed by atoms with Crippen molar-refractivity contribution >= 4 is 11.8 Å². The van der Waals surface area contributed by atoms with Gasteiger partial charge >= 0.3 is 5.97 Å². The van der Waals surface area contributed by atoms with Crippen LogP contribution in [-0.2, 0) is 11.3 Å². The summed E-state index contributed by atoms with van der Waals surface area (Å²) in [6.07, 6.45) is 1.59. The van der Waals surface area contributed by atoms with Gasteiger partial charge in [0.05, 0.1) is 6.10 Å². The second-order valence-electron chi connectivity index (χ2n) is 8.15. The highest BCUT2D eigenvalue weighted by molar-refractivity contribution is 5.94. The molecule has 4 rings (SSSR count). The molecule has 3 aromatic rings. The molecular formula is C26H29N3O2. The van der Waals surface area contributed by atoms with Crippen LogP contribution in [-0.4, -0.2) is 48.1 Å². The summed E-state index contributed by atoms with van der Waals surface area (Å²) in [7, 11) is 0. The smallest absolute Gasteiger partial charge is 0.342 e. The van der Waals surface area contributed by atoms with E-state index in [0.717, 1.165) is 38.5 Å².